The van der Waals surface area contributed by atoms with Gasteiger partial charge in [-0.1, -0.05) is 0 Å². The fourth-order valence-electron chi connectivity index (χ4n) is 2.51. The summed E-state index contributed by atoms with van der Waals surface area (Å²) in [6.45, 7) is 0. The molecule has 110 valence electrons. The SMILES string of the molecule is COc1ccc2c(c1)[C@@H](O)CC(c1ccc(F)cc1F)O2. The molecule has 1 aliphatic rings. The molecular formula is C16H14F2O3. The lowest BCUT2D eigenvalue weighted by atomic mass is 9.94. The Hall–Kier alpha value is -2.14. The van der Waals surface area contributed by atoms with E-state index in [0.717, 1.165) is 6.07 Å². The Kier molecular flexibility index (Phi) is 3.51. The third-order valence-corrected chi connectivity index (χ3v) is 3.59. The molecule has 21 heavy (non-hydrogen) atoms. The maximum atomic E-state index is 13.8. The summed E-state index contributed by atoms with van der Waals surface area (Å²) in [7, 11) is 1.54. The van der Waals surface area contributed by atoms with Gasteiger partial charge in [0, 0.05) is 23.6 Å². The summed E-state index contributed by atoms with van der Waals surface area (Å²) in [5.41, 5.74) is 0.838. The van der Waals surface area contributed by atoms with Crippen LogP contribution in [0.5, 0.6) is 11.5 Å². The van der Waals surface area contributed by atoms with Crippen LogP contribution in [0.1, 0.15) is 29.8 Å². The fourth-order valence-corrected chi connectivity index (χ4v) is 2.51. The Labute approximate surface area is 120 Å². The number of fused-ring (bicyclic) bond motifs is 1. The molecular weight excluding hydrogens is 278 g/mol. The van der Waals surface area contributed by atoms with Crippen molar-refractivity contribution >= 4 is 0 Å². The van der Waals surface area contributed by atoms with E-state index in [1.807, 2.05) is 0 Å². The quantitative estimate of drug-likeness (QED) is 0.920. The highest BCUT2D eigenvalue weighted by molar-refractivity contribution is 5.43. The van der Waals surface area contributed by atoms with E-state index in [1.54, 1.807) is 18.2 Å². The number of benzene rings is 2. The molecule has 1 heterocycles. The lowest BCUT2D eigenvalue weighted by Gasteiger charge is -2.30. The van der Waals surface area contributed by atoms with Crippen molar-refractivity contribution < 1.29 is 23.4 Å². The van der Waals surface area contributed by atoms with Crippen LogP contribution >= 0.6 is 0 Å². The molecule has 2 atom stereocenters. The summed E-state index contributed by atoms with van der Waals surface area (Å²) >= 11 is 0. The van der Waals surface area contributed by atoms with Gasteiger partial charge in [0.2, 0.25) is 0 Å². The number of methoxy groups -OCH3 is 1. The van der Waals surface area contributed by atoms with Crippen molar-refractivity contribution in [1.29, 1.82) is 0 Å². The highest BCUT2D eigenvalue weighted by atomic mass is 19.1. The molecule has 0 amide bonds. The smallest absolute Gasteiger partial charge is 0.133 e. The van der Waals surface area contributed by atoms with E-state index in [1.165, 1.54) is 19.2 Å². The van der Waals surface area contributed by atoms with Crippen LogP contribution in [0, 0.1) is 11.6 Å². The Morgan fingerprint density at radius 2 is 1.95 bits per heavy atom. The molecule has 1 N–H and O–H groups in total. The normalized spacial score (nSPS) is 20.6. The number of ether oxygens (including phenoxy) is 2. The highest BCUT2D eigenvalue weighted by Gasteiger charge is 2.30. The van der Waals surface area contributed by atoms with Crippen molar-refractivity contribution in [3.8, 4) is 11.5 Å². The topological polar surface area (TPSA) is 38.7 Å². The Bertz CT molecular complexity index is 673. The monoisotopic (exact) mass is 292 g/mol. The molecule has 3 nitrogen and oxygen atoms in total. The molecule has 0 saturated heterocycles. The summed E-state index contributed by atoms with van der Waals surface area (Å²) in [6, 6.07) is 8.40. The Balaban J connectivity index is 1.94. The number of aliphatic hydroxyl groups is 1. The van der Waals surface area contributed by atoms with Gasteiger partial charge in [0.15, 0.2) is 0 Å². The van der Waals surface area contributed by atoms with E-state index in [0.29, 0.717) is 17.1 Å². The van der Waals surface area contributed by atoms with Crippen LogP contribution in [0.3, 0.4) is 0 Å². The third-order valence-electron chi connectivity index (χ3n) is 3.59. The second-order valence-electron chi connectivity index (χ2n) is 4.93. The molecule has 2 aromatic rings. The van der Waals surface area contributed by atoms with Crippen molar-refractivity contribution in [2.75, 3.05) is 7.11 Å². The molecule has 1 aliphatic heterocycles. The lowest BCUT2D eigenvalue weighted by Crippen LogP contribution is -2.20. The first-order valence-corrected chi connectivity index (χ1v) is 6.56. The van der Waals surface area contributed by atoms with E-state index < -0.39 is 23.8 Å². The van der Waals surface area contributed by atoms with Gasteiger partial charge in [-0.15, -0.1) is 0 Å². The maximum absolute atomic E-state index is 13.8. The molecule has 0 fully saturated rings. The van der Waals surface area contributed by atoms with Crippen LogP contribution in [-0.4, -0.2) is 12.2 Å². The molecule has 3 rings (SSSR count). The van der Waals surface area contributed by atoms with Gasteiger partial charge in [-0.25, -0.2) is 8.78 Å². The zero-order chi connectivity index (χ0) is 15.0. The average molecular weight is 292 g/mol. The standard InChI is InChI=1S/C16H14F2O3/c1-20-10-3-5-15-12(7-10)14(19)8-16(21-15)11-4-2-9(17)6-13(11)18/h2-7,14,16,19H,8H2,1H3/t14-,16?/m0/s1. The predicted octanol–water partition coefficient (Wildman–Crippen LogP) is 3.53. The molecule has 0 aromatic heterocycles. The van der Waals surface area contributed by atoms with E-state index >= 15 is 0 Å². The van der Waals surface area contributed by atoms with Gasteiger partial charge in [-0.3, -0.25) is 0 Å². The first kappa shape index (κ1) is 13.8. The van der Waals surface area contributed by atoms with Crippen LogP contribution in [0.2, 0.25) is 0 Å². The van der Waals surface area contributed by atoms with Gasteiger partial charge in [0.1, 0.15) is 29.2 Å². The van der Waals surface area contributed by atoms with Gasteiger partial charge < -0.3 is 14.6 Å². The van der Waals surface area contributed by atoms with Crippen molar-refractivity contribution in [3.63, 3.8) is 0 Å². The van der Waals surface area contributed by atoms with Gasteiger partial charge in [0.05, 0.1) is 13.2 Å². The van der Waals surface area contributed by atoms with Crippen molar-refractivity contribution in [2.45, 2.75) is 18.6 Å². The van der Waals surface area contributed by atoms with Crippen LogP contribution in [0.4, 0.5) is 8.78 Å². The van der Waals surface area contributed by atoms with Crippen LogP contribution < -0.4 is 9.47 Å². The fraction of sp³-hybridized carbons (Fsp3) is 0.250. The number of rotatable bonds is 2. The summed E-state index contributed by atoms with van der Waals surface area (Å²) in [5, 5.41) is 10.2. The summed E-state index contributed by atoms with van der Waals surface area (Å²) in [4.78, 5) is 0. The first-order valence-electron chi connectivity index (χ1n) is 6.56. The van der Waals surface area contributed by atoms with Gasteiger partial charge in [-0.05, 0) is 30.3 Å². The van der Waals surface area contributed by atoms with E-state index in [-0.39, 0.29) is 12.0 Å². The molecule has 5 heteroatoms. The van der Waals surface area contributed by atoms with Crippen molar-refractivity contribution in [3.05, 3.63) is 59.2 Å². The van der Waals surface area contributed by atoms with Crippen LogP contribution in [0.25, 0.3) is 0 Å². The second-order valence-corrected chi connectivity index (χ2v) is 4.93. The minimum absolute atomic E-state index is 0.197. The van der Waals surface area contributed by atoms with Crippen molar-refractivity contribution in [2.24, 2.45) is 0 Å². The second kappa shape index (κ2) is 5.33. The number of halogens is 2. The molecule has 1 unspecified atom stereocenters. The lowest BCUT2D eigenvalue weighted by molar-refractivity contribution is 0.0637. The molecule has 0 aliphatic carbocycles. The Morgan fingerprint density at radius 3 is 2.67 bits per heavy atom. The van der Waals surface area contributed by atoms with Crippen molar-refractivity contribution in [1.82, 2.24) is 0 Å². The molecule has 0 saturated carbocycles. The van der Waals surface area contributed by atoms with E-state index in [4.69, 9.17) is 9.47 Å². The third kappa shape index (κ3) is 2.56. The minimum atomic E-state index is -0.793. The molecule has 0 radical (unpaired) electrons. The highest BCUT2D eigenvalue weighted by Crippen LogP contribution is 2.42. The summed E-state index contributed by atoms with van der Waals surface area (Å²) in [5.74, 6) is -0.229. The van der Waals surface area contributed by atoms with Crippen LogP contribution in [0.15, 0.2) is 36.4 Å². The number of hydrogen-bond acceptors (Lipinski definition) is 3. The molecule has 2 aromatic carbocycles. The Morgan fingerprint density at radius 1 is 1.14 bits per heavy atom. The zero-order valence-electron chi connectivity index (χ0n) is 11.3. The number of hydrogen-bond donors (Lipinski definition) is 1. The largest absolute Gasteiger partial charge is 0.497 e. The zero-order valence-corrected chi connectivity index (χ0v) is 11.3. The van der Waals surface area contributed by atoms with Gasteiger partial charge in [-0.2, -0.15) is 0 Å². The van der Waals surface area contributed by atoms with E-state index in [2.05, 4.69) is 0 Å². The van der Waals surface area contributed by atoms with Gasteiger partial charge >= 0.3 is 0 Å². The first-order chi connectivity index (χ1) is 10.1. The maximum Gasteiger partial charge on any atom is 0.133 e. The van der Waals surface area contributed by atoms with E-state index in [9.17, 15) is 13.9 Å². The number of aliphatic hydroxyl groups excluding tert-OH is 1. The summed E-state index contributed by atoms with van der Waals surface area (Å²) < 4.78 is 37.6. The summed E-state index contributed by atoms with van der Waals surface area (Å²) in [6.07, 6.45) is -1.25. The van der Waals surface area contributed by atoms with Crippen LogP contribution in [-0.2, 0) is 0 Å². The predicted molar refractivity (Wildman–Crippen MR) is 72.3 cm³/mol. The average Bonchev–Trinajstić information content (AvgIpc) is 2.47. The molecule has 0 bridgehead atoms. The molecule has 0 spiro atoms. The van der Waals surface area contributed by atoms with Gasteiger partial charge in [0.25, 0.3) is 0 Å². The minimum Gasteiger partial charge on any atom is -0.497 e.